The summed E-state index contributed by atoms with van der Waals surface area (Å²) >= 11 is 2.16. The summed E-state index contributed by atoms with van der Waals surface area (Å²) in [5, 5.41) is 0. The number of allylic oxidation sites excluding steroid dienone is 1. The maximum Gasteiger partial charge on any atom is 0.330 e. The van der Waals surface area contributed by atoms with E-state index in [1.54, 1.807) is 6.08 Å². The Bertz CT molecular complexity index is 753. The van der Waals surface area contributed by atoms with Crippen LogP contribution in [0, 0.1) is 0 Å². The quantitative estimate of drug-likeness (QED) is 0.0919. The molecule has 21 heteroatoms. The van der Waals surface area contributed by atoms with Crippen LogP contribution in [0.2, 0.25) is 0 Å². The van der Waals surface area contributed by atoms with Crippen molar-refractivity contribution in [2.75, 3.05) is 37.3 Å². The predicted octanol–water partition coefficient (Wildman–Crippen LogP) is -1.80. The summed E-state index contributed by atoms with van der Waals surface area (Å²) in [7, 11) is 44.1. The molecule has 41 heavy (non-hydrogen) atoms. The molecular weight excluding hydrogens is 612 g/mol. The van der Waals surface area contributed by atoms with Crippen LogP contribution < -0.4 is 0 Å². The number of nitrogens with zero attached hydrogens (tertiary/aromatic N) is 1. The van der Waals surface area contributed by atoms with Gasteiger partial charge in [0.1, 0.15) is 11.2 Å². The van der Waals surface area contributed by atoms with Crippen LogP contribution in [-0.2, 0) is 23.8 Å². The van der Waals surface area contributed by atoms with Crippen molar-refractivity contribution in [3.8, 4) is 0 Å². The lowest BCUT2D eigenvalue weighted by atomic mass is 8.47. The van der Waals surface area contributed by atoms with E-state index < -0.39 is 43.9 Å². The van der Waals surface area contributed by atoms with E-state index in [1.165, 1.54) is 12.2 Å². The molecule has 0 aromatic heterocycles. The topological polar surface area (TPSA) is 65.1 Å². The van der Waals surface area contributed by atoms with Crippen molar-refractivity contribution in [2.45, 2.75) is 52.7 Å². The molecule has 0 bridgehead atoms. The Labute approximate surface area is 276 Å². The summed E-state index contributed by atoms with van der Waals surface area (Å²) in [6, 6.07) is 0. The van der Waals surface area contributed by atoms with Gasteiger partial charge in [0.25, 0.3) is 0 Å². The van der Waals surface area contributed by atoms with Gasteiger partial charge in [0.15, 0.2) is 0 Å². The van der Waals surface area contributed by atoms with Gasteiger partial charge in [-0.05, 0) is 41.5 Å². The first-order valence-electron chi connectivity index (χ1n) is 13.4. The summed E-state index contributed by atoms with van der Waals surface area (Å²) in [5.74, 6) is -0.546. The summed E-state index contributed by atoms with van der Waals surface area (Å²) in [4.78, 5) is 24.5. The zero-order valence-corrected chi connectivity index (χ0v) is 27.7. The number of ether oxygens (including phenoxy) is 3. The van der Waals surface area contributed by atoms with Crippen molar-refractivity contribution >= 4 is 135 Å². The molecule has 0 aliphatic carbocycles. The molecule has 0 aromatic carbocycles. The van der Waals surface area contributed by atoms with E-state index in [9.17, 15) is 9.59 Å². The van der Waals surface area contributed by atoms with E-state index >= 15 is 0 Å². The van der Waals surface area contributed by atoms with E-state index in [4.69, 9.17) is 76.1 Å². The minimum absolute atomic E-state index is 0.269. The van der Waals surface area contributed by atoms with Gasteiger partial charge in [-0.2, -0.15) is 0 Å². The summed E-state index contributed by atoms with van der Waals surface area (Å²) in [6.45, 7) is 15.3. The number of hydrogen-bond acceptors (Lipinski definition) is 6. The molecule has 1 aliphatic rings. The predicted molar refractivity (Wildman–Crippen MR) is 197 cm³/mol. The van der Waals surface area contributed by atoms with Gasteiger partial charge in [-0.25, -0.2) is 9.59 Å². The van der Waals surface area contributed by atoms with Crippen LogP contribution in [0.15, 0.2) is 24.3 Å². The highest BCUT2D eigenvalue weighted by Gasteiger charge is 2.35. The molecule has 1 heterocycles. The van der Waals surface area contributed by atoms with Crippen molar-refractivity contribution in [1.82, 2.24) is 4.90 Å². The minimum atomic E-state index is -0.760. The van der Waals surface area contributed by atoms with Crippen molar-refractivity contribution < 1.29 is 23.8 Å². The highest BCUT2D eigenvalue weighted by Crippen LogP contribution is 2.08. The van der Waals surface area contributed by atoms with E-state index in [2.05, 4.69) is 27.5 Å². The van der Waals surface area contributed by atoms with Gasteiger partial charge >= 0.3 is 11.9 Å². The average molecular weight is 647 g/mol. The molecule has 0 saturated carbocycles. The van der Waals surface area contributed by atoms with Crippen LogP contribution in [0.25, 0.3) is 0 Å². The second-order valence-electron chi connectivity index (χ2n) is 11.4. The fourth-order valence-electron chi connectivity index (χ4n) is 3.43. The number of carbonyl (C=O) groups excluding carboxylic acids is 2. The molecule has 0 N–H and O–H groups in total. The van der Waals surface area contributed by atoms with Crippen LogP contribution in [-0.4, -0.2) is 166 Å². The van der Waals surface area contributed by atoms with Gasteiger partial charge in [0.2, 0.25) is 0 Å². The molecule has 0 atom stereocenters. The summed E-state index contributed by atoms with van der Waals surface area (Å²) in [6.07, 6.45) is 2.50. The third-order valence-corrected chi connectivity index (χ3v) is 5.61. The number of halogens is 1. The first-order valence-corrected chi connectivity index (χ1v) is 14.9. The first kappa shape index (κ1) is 43.1. The number of esters is 2. The number of alkyl halides is 1. The molecule has 6 nitrogen and oxygen atoms in total. The van der Waals surface area contributed by atoms with E-state index in [0.29, 0.717) is 0 Å². The fraction of sp³-hybridized carbons (Fsp3) is 0.700. The van der Waals surface area contributed by atoms with Crippen molar-refractivity contribution in [1.29, 1.82) is 0 Å². The highest BCUT2D eigenvalue weighted by atomic mass is 127. The van der Waals surface area contributed by atoms with E-state index in [1.807, 2.05) is 47.6 Å². The van der Waals surface area contributed by atoms with Gasteiger partial charge in [-0.1, -0.05) is 34.7 Å². The van der Waals surface area contributed by atoms with Gasteiger partial charge in [0, 0.05) is 136 Å². The molecule has 1 rings (SSSR count). The number of rotatable bonds is 10. The minimum Gasteiger partial charge on any atom is -0.457 e. The van der Waals surface area contributed by atoms with Crippen molar-refractivity contribution in [3.05, 3.63) is 24.3 Å². The zero-order chi connectivity index (χ0) is 32.4. The molecule has 0 amide bonds. The third kappa shape index (κ3) is 25.1. The zero-order valence-electron chi connectivity index (χ0n) is 25.5. The molecule has 1 saturated heterocycles. The van der Waals surface area contributed by atoms with Crippen LogP contribution in [0.3, 0.4) is 0 Å². The lowest BCUT2D eigenvalue weighted by Gasteiger charge is -2.34. The lowest BCUT2D eigenvalue weighted by molar-refractivity contribution is -0.149. The third-order valence-electron chi connectivity index (χ3n) is 5.10. The SMILES string of the molecule is CC(C)(C)OC(=O)/C=C/CI.CC(C)(C)OC(=O)/C=C/CN1CCOCC1.[B]B([B])B(B([B])[B])B(B([B])[B])B([B])[B]. The molecule has 0 aromatic rings. The number of hydrogen-bond donors (Lipinski definition) is 0. The second kappa shape index (κ2) is 22.5. The summed E-state index contributed by atoms with van der Waals surface area (Å²) in [5.41, 5.74) is -0.799. The van der Waals surface area contributed by atoms with E-state index in [-0.39, 0.29) is 17.5 Å². The number of carbonyl (C=O) groups is 2. The maximum atomic E-state index is 11.3. The normalized spacial score (nSPS) is 13.6. The molecule has 1 aliphatic heterocycles. The standard InChI is InChI=1S/C12H21NO3.C8H13IO2.B14/c1-12(2,3)16-11(14)5-4-6-13-7-9-15-10-8-13;1-8(2,3)11-7(10)5-4-6-9;1-9(2)13(10(3)4)14(11(5)6)12(7)8/h4-5H,6-10H2,1-3H3;4-5H,6H2,1-3H3;/b2*5-4+;. The Kier molecular flexibility index (Phi) is 23.6. The molecule has 0 unspecified atom stereocenters. The van der Waals surface area contributed by atoms with Crippen LogP contribution in [0.5, 0.6) is 0 Å². The number of morpholine rings is 1. The maximum absolute atomic E-state index is 11.3. The van der Waals surface area contributed by atoms with Crippen molar-refractivity contribution in [2.24, 2.45) is 0 Å². The Morgan fingerprint density at radius 2 is 1.07 bits per heavy atom. The monoisotopic (exact) mass is 649 g/mol. The van der Waals surface area contributed by atoms with Gasteiger partial charge in [-0.3, -0.25) is 4.90 Å². The summed E-state index contributed by atoms with van der Waals surface area (Å²) < 4.78 is 16.2. The van der Waals surface area contributed by atoms with Crippen molar-refractivity contribution in [3.63, 3.8) is 0 Å². The Morgan fingerprint density at radius 1 is 0.732 bits per heavy atom. The molecule has 1 fully saturated rings. The Morgan fingerprint density at radius 3 is 1.37 bits per heavy atom. The average Bonchev–Trinajstić information content (AvgIpc) is 2.79. The molecule has 16 radical (unpaired) electrons. The van der Waals surface area contributed by atoms with Crippen LogP contribution >= 0.6 is 22.6 Å². The van der Waals surface area contributed by atoms with Crippen LogP contribution in [0.4, 0.5) is 0 Å². The van der Waals surface area contributed by atoms with Crippen LogP contribution in [0.1, 0.15) is 41.5 Å². The smallest absolute Gasteiger partial charge is 0.330 e. The largest absolute Gasteiger partial charge is 0.457 e. The van der Waals surface area contributed by atoms with E-state index in [0.717, 1.165) is 37.3 Å². The van der Waals surface area contributed by atoms with Gasteiger partial charge in [0.05, 0.1) is 13.2 Å². The second-order valence-corrected chi connectivity index (χ2v) is 12.3. The molecular formula is C20H34B14INO5. The first-order chi connectivity index (χ1) is 18.7. The molecule has 0 spiro atoms. The Hall–Kier alpha value is -0.0209. The van der Waals surface area contributed by atoms with Gasteiger partial charge in [-0.15, -0.1) is 0 Å². The fourth-order valence-corrected chi connectivity index (χ4v) is 3.69. The molecule has 198 valence electrons. The van der Waals surface area contributed by atoms with Gasteiger partial charge < -0.3 is 14.2 Å². The lowest BCUT2D eigenvalue weighted by Crippen LogP contribution is -2.72. The Balaban J connectivity index is 0. The highest BCUT2D eigenvalue weighted by molar-refractivity contribution is 14.1.